The van der Waals surface area contributed by atoms with Crippen molar-refractivity contribution in [2.75, 3.05) is 14.2 Å². The van der Waals surface area contributed by atoms with Gasteiger partial charge < -0.3 is 28.7 Å². The maximum atomic E-state index is 14.0. The number of carbonyl (C=O) groups excluding carboxylic acids is 2. The van der Waals surface area contributed by atoms with Crippen LogP contribution in [0.3, 0.4) is 0 Å². The van der Waals surface area contributed by atoms with Crippen LogP contribution in [0.1, 0.15) is 55.8 Å². The van der Waals surface area contributed by atoms with Crippen LogP contribution in [0.2, 0.25) is 0 Å². The number of nitrogens with one attached hydrogen (secondary N) is 1. The number of furan rings is 1. The molecule has 186 valence electrons. The van der Waals surface area contributed by atoms with E-state index in [-0.39, 0.29) is 30.9 Å². The zero-order chi connectivity index (χ0) is 24.7. The molecule has 0 saturated heterocycles. The van der Waals surface area contributed by atoms with Crippen molar-refractivity contribution in [3.05, 3.63) is 48.0 Å². The molecule has 3 aromatic rings. The number of fused-ring (bicyclic) bond motifs is 3. The van der Waals surface area contributed by atoms with Gasteiger partial charge in [-0.3, -0.25) is 9.59 Å². The van der Waals surface area contributed by atoms with Gasteiger partial charge >= 0.3 is 0 Å². The quantitative estimate of drug-likeness (QED) is 0.568. The Morgan fingerprint density at radius 1 is 1.17 bits per heavy atom. The number of methoxy groups -OCH3 is 2. The standard InChI is InChI=1S/C27H33N3O5/c1-17-8-5-6-10-20(17)28-26(32)27(2)16-29-21(25(31)30(27)15-18-9-7-13-35-18)14-19-22(33-3)11-12-23(34-4)24(19)29/h7,9,11-14,17,20H,5-6,8,10,15-16H2,1-4H3,(H,28,32). The van der Waals surface area contributed by atoms with Crippen molar-refractivity contribution in [2.45, 2.75) is 64.2 Å². The van der Waals surface area contributed by atoms with Gasteiger partial charge in [-0.2, -0.15) is 0 Å². The predicted octanol–water partition coefficient (Wildman–Crippen LogP) is 4.36. The summed E-state index contributed by atoms with van der Waals surface area (Å²) in [6.45, 7) is 4.52. The van der Waals surface area contributed by atoms with Crippen LogP contribution < -0.4 is 14.8 Å². The summed E-state index contributed by atoms with van der Waals surface area (Å²) < 4.78 is 18.7. The molecule has 35 heavy (non-hydrogen) atoms. The molecule has 2 aliphatic rings. The first-order valence-electron chi connectivity index (χ1n) is 12.3. The minimum absolute atomic E-state index is 0.103. The first-order valence-corrected chi connectivity index (χ1v) is 12.3. The lowest BCUT2D eigenvalue weighted by atomic mass is 9.85. The van der Waals surface area contributed by atoms with E-state index in [1.54, 1.807) is 31.4 Å². The van der Waals surface area contributed by atoms with E-state index < -0.39 is 5.54 Å². The molecule has 1 fully saturated rings. The zero-order valence-corrected chi connectivity index (χ0v) is 20.8. The minimum Gasteiger partial charge on any atom is -0.496 e. The minimum atomic E-state index is -1.13. The molecule has 0 radical (unpaired) electrons. The normalized spacial score (nSPS) is 24.3. The first kappa shape index (κ1) is 23.3. The number of carbonyl (C=O) groups is 2. The molecule has 3 heterocycles. The lowest BCUT2D eigenvalue weighted by Crippen LogP contribution is -2.65. The Balaban J connectivity index is 1.61. The van der Waals surface area contributed by atoms with Crippen LogP contribution in [0.5, 0.6) is 11.5 Å². The van der Waals surface area contributed by atoms with Gasteiger partial charge in [0, 0.05) is 11.4 Å². The van der Waals surface area contributed by atoms with Crippen LogP contribution in [0.25, 0.3) is 10.9 Å². The topological polar surface area (TPSA) is 85.9 Å². The van der Waals surface area contributed by atoms with Gasteiger partial charge in [0.1, 0.15) is 28.5 Å². The van der Waals surface area contributed by atoms with Crippen LogP contribution in [0, 0.1) is 5.92 Å². The van der Waals surface area contributed by atoms with Crippen molar-refractivity contribution in [1.29, 1.82) is 0 Å². The molecule has 2 aromatic heterocycles. The Hall–Kier alpha value is -3.42. The molecule has 5 rings (SSSR count). The third kappa shape index (κ3) is 3.85. The van der Waals surface area contributed by atoms with Crippen molar-refractivity contribution in [2.24, 2.45) is 5.92 Å². The number of aromatic nitrogens is 1. The fourth-order valence-corrected chi connectivity index (χ4v) is 5.62. The number of ether oxygens (including phenoxy) is 2. The van der Waals surface area contributed by atoms with E-state index in [9.17, 15) is 9.59 Å². The van der Waals surface area contributed by atoms with Crippen molar-refractivity contribution >= 4 is 22.7 Å². The number of hydrogen-bond acceptors (Lipinski definition) is 5. The molecule has 0 spiro atoms. The summed E-state index contributed by atoms with van der Waals surface area (Å²) in [7, 11) is 3.21. The first-order chi connectivity index (χ1) is 16.9. The van der Waals surface area contributed by atoms with Crippen molar-refractivity contribution in [3.8, 4) is 11.5 Å². The molecule has 0 bridgehead atoms. The molecule has 3 unspecified atom stereocenters. The highest BCUT2D eigenvalue weighted by atomic mass is 16.5. The van der Waals surface area contributed by atoms with Crippen molar-refractivity contribution in [3.63, 3.8) is 0 Å². The molecule has 8 heteroatoms. The van der Waals surface area contributed by atoms with Gasteiger partial charge in [-0.15, -0.1) is 0 Å². The lowest BCUT2D eigenvalue weighted by molar-refractivity contribution is -0.134. The summed E-state index contributed by atoms with van der Waals surface area (Å²) in [6.07, 6.45) is 5.92. The Kier molecular flexibility index (Phi) is 5.99. The lowest BCUT2D eigenvalue weighted by Gasteiger charge is -2.45. The van der Waals surface area contributed by atoms with E-state index >= 15 is 0 Å². The third-order valence-corrected chi connectivity index (χ3v) is 7.76. The summed E-state index contributed by atoms with van der Waals surface area (Å²) in [5.74, 6) is 1.93. The number of nitrogens with zero attached hydrogens (tertiary/aromatic N) is 2. The van der Waals surface area contributed by atoms with Gasteiger partial charge in [-0.05, 0) is 56.0 Å². The fourth-order valence-electron chi connectivity index (χ4n) is 5.62. The third-order valence-electron chi connectivity index (χ3n) is 7.76. The highest BCUT2D eigenvalue weighted by Gasteiger charge is 2.49. The summed E-state index contributed by atoms with van der Waals surface area (Å²) in [6, 6.07) is 9.20. The van der Waals surface area contributed by atoms with E-state index in [4.69, 9.17) is 13.9 Å². The van der Waals surface area contributed by atoms with Crippen LogP contribution in [-0.4, -0.2) is 47.1 Å². The second kappa shape index (κ2) is 8.98. The number of rotatable bonds is 6. The van der Waals surface area contributed by atoms with E-state index in [1.807, 2.05) is 35.8 Å². The summed E-state index contributed by atoms with van der Waals surface area (Å²) in [5.41, 5.74) is 0.109. The van der Waals surface area contributed by atoms with E-state index in [0.717, 1.165) is 30.2 Å². The molecule has 2 amide bonds. The monoisotopic (exact) mass is 479 g/mol. The van der Waals surface area contributed by atoms with Crippen LogP contribution in [0.4, 0.5) is 0 Å². The molecular formula is C27H33N3O5. The molecule has 1 N–H and O–H groups in total. The maximum absolute atomic E-state index is 14.0. The molecule has 1 aromatic carbocycles. The van der Waals surface area contributed by atoms with Crippen molar-refractivity contribution < 1.29 is 23.5 Å². The van der Waals surface area contributed by atoms with Crippen molar-refractivity contribution in [1.82, 2.24) is 14.8 Å². The van der Waals surface area contributed by atoms with E-state index in [1.165, 1.54) is 6.42 Å². The molecule has 1 aliphatic heterocycles. The van der Waals surface area contributed by atoms with Crippen LogP contribution >= 0.6 is 0 Å². The molecule has 3 atom stereocenters. The predicted molar refractivity (Wildman–Crippen MR) is 132 cm³/mol. The number of benzene rings is 1. The van der Waals surface area contributed by atoms with Gasteiger partial charge in [-0.25, -0.2) is 0 Å². The van der Waals surface area contributed by atoms with Crippen LogP contribution in [0.15, 0.2) is 41.0 Å². The molecular weight excluding hydrogens is 446 g/mol. The average molecular weight is 480 g/mol. The Morgan fingerprint density at radius 2 is 1.91 bits per heavy atom. The SMILES string of the molecule is COc1ccc(OC)c2c1cc1n2CC(C)(C(=O)NC2CCCCC2C)N(Cc2ccco2)C1=O. The second-order valence-corrected chi connectivity index (χ2v) is 9.93. The van der Waals surface area contributed by atoms with Gasteiger partial charge in [0.25, 0.3) is 5.91 Å². The molecule has 1 saturated carbocycles. The second-order valence-electron chi connectivity index (χ2n) is 9.93. The summed E-state index contributed by atoms with van der Waals surface area (Å²) in [4.78, 5) is 29.6. The number of hydrogen-bond donors (Lipinski definition) is 1. The zero-order valence-electron chi connectivity index (χ0n) is 20.8. The van der Waals surface area contributed by atoms with Gasteiger partial charge in [0.15, 0.2) is 0 Å². The van der Waals surface area contributed by atoms with Gasteiger partial charge in [0.05, 0.1) is 39.1 Å². The Bertz CT molecular complexity index is 1250. The van der Waals surface area contributed by atoms with Crippen LogP contribution in [-0.2, 0) is 17.9 Å². The van der Waals surface area contributed by atoms with E-state index in [0.29, 0.717) is 28.9 Å². The Morgan fingerprint density at radius 3 is 2.60 bits per heavy atom. The summed E-state index contributed by atoms with van der Waals surface area (Å²) in [5, 5.41) is 4.08. The largest absolute Gasteiger partial charge is 0.496 e. The average Bonchev–Trinajstić information content (AvgIpc) is 3.51. The highest BCUT2D eigenvalue weighted by molar-refractivity contribution is 6.05. The maximum Gasteiger partial charge on any atom is 0.271 e. The highest BCUT2D eigenvalue weighted by Crippen LogP contribution is 2.40. The summed E-state index contributed by atoms with van der Waals surface area (Å²) >= 11 is 0. The van der Waals surface area contributed by atoms with E-state index in [2.05, 4.69) is 12.2 Å². The number of amides is 2. The Labute approximate surface area is 205 Å². The van der Waals surface area contributed by atoms with Gasteiger partial charge in [0.2, 0.25) is 5.91 Å². The molecule has 1 aliphatic carbocycles. The molecule has 8 nitrogen and oxygen atoms in total. The van der Waals surface area contributed by atoms with Gasteiger partial charge in [-0.1, -0.05) is 19.8 Å². The smallest absolute Gasteiger partial charge is 0.271 e. The fraction of sp³-hybridized carbons (Fsp3) is 0.481.